The molecule has 0 saturated carbocycles. The quantitative estimate of drug-likeness (QED) is 0.322. The number of benzene rings is 3. The zero-order valence-corrected chi connectivity index (χ0v) is 18.9. The van der Waals surface area contributed by atoms with E-state index in [-0.39, 0.29) is 11.1 Å². The van der Waals surface area contributed by atoms with Crippen molar-refractivity contribution in [2.45, 2.75) is 26.4 Å². The number of nitrogens with zero attached hydrogens (tertiary/aromatic N) is 1. The Morgan fingerprint density at radius 3 is 2.38 bits per heavy atom. The van der Waals surface area contributed by atoms with Crippen LogP contribution in [0.3, 0.4) is 0 Å². The third-order valence-corrected chi connectivity index (χ3v) is 5.99. The molecule has 1 aliphatic rings. The second-order valence-corrected chi connectivity index (χ2v) is 9.26. The van der Waals surface area contributed by atoms with Gasteiger partial charge < -0.3 is 18.9 Å². The van der Waals surface area contributed by atoms with Crippen molar-refractivity contribution in [3.63, 3.8) is 0 Å². The van der Waals surface area contributed by atoms with Crippen LogP contribution in [0.25, 0.3) is 43.7 Å². The summed E-state index contributed by atoms with van der Waals surface area (Å²) in [6.45, 7) is 5.03. The van der Waals surface area contributed by atoms with Crippen LogP contribution in [0.1, 0.15) is 41.5 Å². The van der Waals surface area contributed by atoms with E-state index in [9.17, 15) is 14.4 Å². The zero-order chi connectivity index (χ0) is 23.9. The molecule has 0 unspecified atom stereocenters. The molecular weight excluding hydrogens is 436 g/mol. The Morgan fingerprint density at radius 2 is 1.68 bits per heavy atom. The van der Waals surface area contributed by atoms with Crippen molar-refractivity contribution in [3.8, 4) is 5.75 Å². The number of hydrogen-bond donors (Lipinski definition) is 1. The minimum absolute atomic E-state index is 0.120. The lowest BCUT2D eigenvalue weighted by Gasteiger charge is -2.22. The van der Waals surface area contributed by atoms with Gasteiger partial charge in [0.15, 0.2) is 5.58 Å². The van der Waals surface area contributed by atoms with E-state index < -0.39 is 23.5 Å². The van der Waals surface area contributed by atoms with Crippen molar-refractivity contribution in [2.75, 3.05) is 7.11 Å². The van der Waals surface area contributed by atoms with Gasteiger partial charge in [0.1, 0.15) is 16.9 Å². The van der Waals surface area contributed by atoms with E-state index in [2.05, 4.69) is 4.98 Å². The van der Waals surface area contributed by atoms with Crippen molar-refractivity contribution < 1.29 is 28.3 Å². The highest BCUT2D eigenvalue weighted by Gasteiger charge is 2.46. The largest absolute Gasteiger partial charge is 0.497 e. The van der Waals surface area contributed by atoms with E-state index in [0.717, 1.165) is 10.9 Å². The van der Waals surface area contributed by atoms with Crippen LogP contribution in [0.2, 0.25) is 0 Å². The number of methoxy groups -OCH3 is 1. The minimum Gasteiger partial charge on any atom is -0.497 e. The molecular formula is C26H20N2O6. The van der Waals surface area contributed by atoms with Crippen LogP contribution in [0.15, 0.2) is 46.9 Å². The Hall–Kier alpha value is -4.33. The molecule has 0 saturated heterocycles. The van der Waals surface area contributed by atoms with Gasteiger partial charge in [0, 0.05) is 27.1 Å². The van der Waals surface area contributed by atoms with Gasteiger partial charge in [-0.2, -0.15) is 4.90 Å². The Morgan fingerprint density at radius 1 is 0.971 bits per heavy atom. The first kappa shape index (κ1) is 20.3. The molecule has 0 spiro atoms. The molecule has 2 aromatic heterocycles. The van der Waals surface area contributed by atoms with E-state index in [4.69, 9.17) is 13.9 Å². The standard InChI is InChI=1S/C26H20N2O6/c1-26(2,3)34-25(31)28-23(29)19-17-13-7-5-6-8-15(13)27-21(17)22-18(20(19)24(28)30)14-11-12(32-4)9-10-16(14)33-22/h5-11,27H,1-4H3. The molecule has 3 aromatic carbocycles. The molecule has 170 valence electrons. The van der Waals surface area contributed by atoms with Crippen LogP contribution in [-0.4, -0.2) is 40.5 Å². The lowest BCUT2D eigenvalue weighted by atomic mass is 9.97. The number of aromatic amines is 1. The number of H-pyrrole nitrogens is 1. The van der Waals surface area contributed by atoms with Gasteiger partial charge in [-0.05, 0) is 45.0 Å². The molecule has 6 rings (SSSR count). The smallest absolute Gasteiger partial charge is 0.424 e. The summed E-state index contributed by atoms with van der Waals surface area (Å²) in [7, 11) is 1.54. The number of para-hydroxylation sites is 1. The Kier molecular flexibility index (Phi) is 3.94. The number of fused-ring (bicyclic) bond motifs is 10. The summed E-state index contributed by atoms with van der Waals surface area (Å²) < 4.78 is 17.0. The van der Waals surface area contributed by atoms with Gasteiger partial charge in [0.05, 0.1) is 23.8 Å². The molecule has 3 heterocycles. The fraction of sp³-hybridized carbons (Fsp3) is 0.192. The summed E-state index contributed by atoms with van der Waals surface area (Å²) in [5.74, 6) is -0.887. The maximum absolute atomic E-state index is 13.7. The lowest BCUT2D eigenvalue weighted by Crippen LogP contribution is -2.40. The van der Waals surface area contributed by atoms with Gasteiger partial charge in [-0.15, -0.1) is 0 Å². The summed E-state index contributed by atoms with van der Waals surface area (Å²) in [5.41, 5.74) is 1.71. The van der Waals surface area contributed by atoms with Crippen LogP contribution >= 0.6 is 0 Å². The second-order valence-electron chi connectivity index (χ2n) is 9.26. The Balaban J connectivity index is 1.77. The molecule has 0 radical (unpaired) electrons. The highest BCUT2D eigenvalue weighted by molar-refractivity contribution is 6.41. The predicted octanol–water partition coefficient (Wildman–Crippen LogP) is 5.76. The van der Waals surface area contributed by atoms with E-state index in [1.807, 2.05) is 24.3 Å². The van der Waals surface area contributed by atoms with Crippen molar-refractivity contribution in [3.05, 3.63) is 53.6 Å². The summed E-state index contributed by atoms with van der Waals surface area (Å²) >= 11 is 0. The Bertz CT molecular complexity index is 1720. The average Bonchev–Trinajstić information content (AvgIpc) is 3.42. The molecule has 34 heavy (non-hydrogen) atoms. The molecule has 1 aliphatic heterocycles. The van der Waals surface area contributed by atoms with E-state index >= 15 is 0 Å². The molecule has 1 N–H and O–H groups in total. The van der Waals surface area contributed by atoms with Gasteiger partial charge in [-0.25, -0.2) is 4.79 Å². The third-order valence-electron chi connectivity index (χ3n) is 5.99. The third kappa shape index (κ3) is 2.62. The van der Waals surface area contributed by atoms with Crippen molar-refractivity contribution >= 4 is 61.7 Å². The van der Waals surface area contributed by atoms with Crippen LogP contribution in [-0.2, 0) is 4.74 Å². The number of hydrogen-bond acceptors (Lipinski definition) is 6. The SMILES string of the molecule is COc1ccc2oc3c4[nH]c5ccccc5c4c4c(c3c2c1)C(=O)N(C(=O)OC(C)(C)C)C4=O. The number of carbonyl (C=O) groups excluding carboxylic acids is 3. The predicted molar refractivity (Wildman–Crippen MR) is 126 cm³/mol. The number of furan rings is 1. The topological polar surface area (TPSA) is 102 Å². The maximum atomic E-state index is 13.7. The van der Waals surface area contributed by atoms with Gasteiger partial charge >= 0.3 is 6.09 Å². The number of aromatic nitrogens is 1. The molecule has 8 nitrogen and oxygen atoms in total. The molecule has 0 fully saturated rings. The molecule has 5 aromatic rings. The first-order chi connectivity index (χ1) is 16.2. The van der Waals surface area contributed by atoms with Crippen LogP contribution in [0, 0.1) is 0 Å². The number of amides is 3. The second kappa shape index (κ2) is 6.60. The normalized spacial score (nSPS) is 14.1. The summed E-state index contributed by atoms with van der Waals surface area (Å²) in [6, 6.07) is 12.7. The van der Waals surface area contributed by atoms with Crippen LogP contribution in [0.5, 0.6) is 5.75 Å². The van der Waals surface area contributed by atoms with E-state index in [1.165, 1.54) is 0 Å². The summed E-state index contributed by atoms with van der Waals surface area (Å²) in [5, 5.41) is 2.35. The fourth-order valence-electron chi connectivity index (χ4n) is 4.67. The van der Waals surface area contributed by atoms with E-state index in [0.29, 0.717) is 43.5 Å². The van der Waals surface area contributed by atoms with Gasteiger partial charge in [-0.3, -0.25) is 9.59 Å². The average molecular weight is 456 g/mol. The highest BCUT2D eigenvalue weighted by atomic mass is 16.6. The van der Waals surface area contributed by atoms with Crippen molar-refractivity contribution in [2.24, 2.45) is 0 Å². The highest BCUT2D eigenvalue weighted by Crippen LogP contribution is 2.45. The van der Waals surface area contributed by atoms with E-state index in [1.54, 1.807) is 46.1 Å². The number of nitrogens with one attached hydrogen (secondary N) is 1. The lowest BCUT2D eigenvalue weighted by molar-refractivity contribution is 0.0256. The fourth-order valence-corrected chi connectivity index (χ4v) is 4.67. The minimum atomic E-state index is -1.01. The molecule has 8 heteroatoms. The van der Waals surface area contributed by atoms with Crippen LogP contribution in [0.4, 0.5) is 4.79 Å². The van der Waals surface area contributed by atoms with Crippen molar-refractivity contribution in [1.29, 1.82) is 0 Å². The summed E-state index contributed by atoms with van der Waals surface area (Å²) in [6.07, 6.45) is -1.01. The zero-order valence-electron chi connectivity index (χ0n) is 18.9. The van der Waals surface area contributed by atoms with Gasteiger partial charge in [0.2, 0.25) is 0 Å². The van der Waals surface area contributed by atoms with Gasteiger partial charge in [0.25, 0.3) is 11.8 Å². The first-order valence-electron chi connectivity index (χ1n) is 10.8. The number of rotatable bonds is 1. The number of imide groups is 3. The molecule has 0 atom stereocenters. The van der Waals surface area contributed by atoms with Crippen LogP contribution < -0.4 is 4.74 Å². The number of carbonyl (C=O) groups is 3. The monoisotopic (exact) mass is 456 g/mol. The van der Waals surface area contributed by atoms with Crippen molar-refractivity contribution in [1.82, 2.24) is 9.88 Å². The summed E-state index contributed by atoms with van der Waals surface area (Å²) in [4.78, 5) is 44.2. The van der Waals surface area contributed by atoms with Gasteiger partial charge in [-0.1, -0.05) is 18.2 Å². The first-order valence-corrected chi connectivity index (χ1v) is 10.8. The maximum Gasteiger partial charge on any atom is 0.424 e. The molecule has 0 bridgehead atoms. The molecule has 0 aliphatic carbocycles. The number of ether oxygens (including phenoxy) is 2. The Labute approximate surface area is 193 Å². The molecule has 3 amide bonds.